The molecule has 0 radical (unpaired) electrons. The Morgan fingerprint density at radius 1 is 0.667 bits per heavy atom. The summed E-state index contributed by atoms with van der Waals surface area (Å²) >= 11 is 0. The Morgan fingerprint density at radius 2 is 1.29 bits per heavy atom. The second-order valence-electron chi connectivity index (χ2n) is 9.32. The van der Waals surface area contributed by atoms with Gasteiger partial charge in [-0.05, 0) is 42.1 Å². The fourth-order valence-electron chi connectivity index (χ4n) is 4.41. The number of nitrogen functional groups attached to an aromatic ring is 1. The van der Waals surface area contributed by atoms with Crippen molar-refractivity contribution in [2.75, 3.05) is 5.73 Å². The van der Waals surface area contributed by atoms with Crippen molar-refractivity contribution in [2.24, 2.45) is 20.5 Å². The summed E-state index contributed by atoms with van der Waals surface area (Å²) in [7, 11) is -10.8. The van der Waals surface area contributed by atoms with E-state index in [1.807, 2.05) is 12.1 Å². The molecule has 0 aliphatic heterocycles. The number of hydrogen-bond acceptors (Lipinski definition) is 15. The van der Waals surface area contributed by atoms with Crippen LogP contribution in [-0.2, 0) is 31.3 Å². The van der Waals surface area contributed by atoms with Gasteiger partial charge >= 0.3 is 77.8 Å². The molecule has 0 aromatic heterocycles. The summed E-state index contributed by atoms with van der Waals surface area (Å²) in [5.74, 6) is -0.0133. The Balaban J connectivity index is 0.00000108. The zero-order chi connectivity index (χ0) is 35.0. The molecule has 0 saturated carbocycles. The maximum atomic E-state index is 11.3. The van der Waals surface area contributed by atoms with Crippen molar-refractivity contribution in [1.82, 2.24) is 0 Å². The van der Waals surface area contributed by atoms with E-state index in [0.717, 1.165) is 16.2 Å². The summed E-state index contributed by atoms with van der Waals surface area (Å²) in [6.45, 7) is 0. The maximum Gasteiger partial charge on any atom is 1.00 e. The Bertz CT molecular complexity index is 2570. The van der Waals surface area contributed by atoms with Gasteiger partial charge in [0.2, 0.25) is 0 Å². The average molecular weight is 726 g/mol. The van der Waals surface area contributed by atoms with Gasteiger partial charge < -0.3 is 15.4 Å². The quantitative estimate of drug-likeness (QED) is 0.0587. The molecule has 0 aliphatic rings. The number of phenols is 1. The average Bonchev–Trinajstić information content (AvgIpc) is 3.02. The number of nitrogens with two attached hydrogens (primary N) is 1. The van der Waals surface area contributed by atoms with Crippen LogP contribution in [0, 0.1) is 12.1 Å². The monoisotopic (exact) mass is 725 g/mol. The van der Waals surface area contributed by atoms with Gasteiger partial charge in [-0.3, -0.25) is 0 Å². The van der Waals surface area contributed by atoms with Crippen LogP contribution in [-0.4, -0.2) is 43.3 Å². The van der Waals surface area contributed by atoms with Gasteiger partial charge in [0, 0.05) is 27.0 Å². The largest absolute Gasteiger partial charge is 1.00 e. The summed E-state index contributed by atoms with van der Waals surface area (Å²) in [5, 5.41) is 32.1. The molecule has 0 atom stereocenters. The minimum absolute atomic E-state index is 0. The number of rotatable bonds is 5. The number of azo groups is 2. The molecule has 0 bridgehead atoms. The minimum atomic E-state index is -4.55. The molecule has 3 N–H and O–H groups in total. The van der Waals surface area contributed by atoms with Crippen LogP contribution >= 0.6 is 0 Å². The topological polar surface area (TPSA) is 255 Å². The van der Waals surface area contributed by atoms with E-state index in [0.29, 0.717) is 44.6 Å². The Kier molecular flexibility index (Phi) is 17.6. The Labute approximate surface area is 329 Å². The number of aromatic hydroxyl groups is 1. The van der Waals surface area contributed by atoms with E-state index in [-0.39, 0.29) is 67.2 Å². The van der Waals surface area contributed by atoms with Crippen LogP contribution in [0.2, 0.25) is 0 Å². The third-order valence-corrected chi connectivity index (χ3v) is 7.23. The van der Waals surface area contributed by atoms with Crippen molar-refractivity contribution in [1.29, 1.82) is 0 Å². The third kappa shape index (κ3) is 12.2. The van der Waals surface area contributed by atoms with E-state index in [1.54, 1.807) is 60.7 Å². The van der Waals surface area contributed by atoms with Gasteiger partial charge in [0.1, 0.15) is 21.6 Å². The van der Waals surface area contributed by atoms with E-state index in [4.69, 9.17) is 31.0 Å². The summed E-state index contributed by atoms with van der Waals surface area (Å²) in [4.78, 5) is -0.303. The first-order valence-electron chi connectivity index (χ1n) is 13.0. The Morgan fingerprint density at radius 3 is 1.94 bits per heavy atom. The van der Waals surface area contributed by atoms with E-state index in [9.17, 15) is 18.1 Å². The van der Waals surface area contributed by atoms with Gasteiger partial charge in [0.05, 0.1) is 5.69 Å². The number of hydrogen-bond donors (Lipinski definition) is 2. The van der Waals surface area contributed by atoms with E-state index in [2.05, 4.69) is 32.6 Å². The van der Waals surface area contributed by atoms with Gasteiger partial charge in [-0.15, -0.1) is 47.2 Å². The fraction of sp³-hybridized carbons (Fsp3) is 0. The number of anilines is 1. The van der Waals surface area contributed by atoms with E-state index < -0.39 is 31.3 Å². The molecule has 0 aliphatic carbocycles. The van der Waals surface area contributed by atoms with Crippen molar-refractivity contribution in [3.63, 3.8) is 0 Å². The zero-order valence-corrected chi connectivity index (χ0v) is 29.3. The van der Waals surface area contributed by atoms with Crippen molar-refractivity contribution in [3.8, 4) is 5.75 Å². The summed E-state index contributed by atoms with van der Waals surface area (Å²) in [5.41, 5.74) is 8.52. The smallest absolute Gasteiger partial charge is 0.744 e. The van der Waals surface area contributed by atoms with Crippen LogP contribution < -0.4 is 62.3 Å². The Hall–Kier alpha value is -4.16. The van der Waals surface area contributed by atoms with Crippen LogP contribution in [0.15, 0.2) is 116 Å². The molecular formula is C30H18Li3N5O10S3. The molecule has 244 valence electrons. The van der Waals surface area contributed by atoms with Crippen molar-refractivity contribution < 1.29 is 99.9 Å². The molecule has 0 amide bonds. The molecule has 21 heteroatoms. The minimum Gasteiger partial charge on any atom is -0.744 e. The molecule has 0 heterocycles. The van der Waals surface area contributed by atoms with Crippen LogP contribution in [0.25, 0.3) is 32.3 Å². The first-order chi connectivity index (χ1) is 22.7. The van der Waals surface area contributed by atoms with Gasteiger partial charge in [0.15, 0.2) is 0 Å². The summed E-state index contributed by atoms with van der Waals surface area (Å²) in [6, 6.07) is 30.9. The van der Waals surface area contributed by atoms with Crippen molar-refractivity contribution >= 4 is 92.1 Å². The summed E-state index contributed by atoms with van der Waals surface area (Å²) < 4.78 is 84.6. The summed E-state index contributed by atoms with van der Waals surface area (Å²) in [6.07, 6.45) is 0. The number of nitrogens with zero attached hydrogens (tertiary/aromatic N) is 4. The molecule has 0 spiro atoms. The maximum absolute atomic E-state index is 11.3. The normalized spacial score (nSPS) is 10.6. The number of benzene rings is 6. The van der Waals surface area contributed by atoms with Crippen molar-refractivity contribution in [2.45, 2.75) is 4.90 Å². The van der Waals surface area contributed by atoms with Crippen LogP contribution in [0.4, 0.5) is 28.4 Å². The molecule has 6 aromatic rings. The van der Waals surface area contributed by atoms with Gasteiger partial charge in [-0.2, -0.15) is 51.7 Å². The van der Waals surface area contributed by atoms with Crippen molar-refractivity contribution in [3.05, 3.63) is 103 Å². The van der Waals surface area contributed by atoms with Gasteiger partial charge in [0.25, 0.3) is 0 Å². The predicted molar refractivity (Wildman–Crippen MR) is 171 cm³/mol. The predicted octanol–water partition coefficient (Wildman–Crippen LogP) is -3.23. The molecule has 6 rings (SSSR count). The van der Waals surface area contributed by atoms with E-state index in [1.165, 1.54) is 18.2 Å². The standard InChI is InChI=1S/C30H19N5O4S.3Li.2O3S/c31-26-7-3-6-25-22(26)12-15-29(36)30(25)35-34-28-14-13-27(23-4-1-2-5-24(23)28)33-32-20-10-8-19-17-21(40(37,38)39)11-9-18(19)16-20;;;;2*1-4(2)3/h1,3-9,11-17,36H,31H2,(H,37,38,39);;;;;/q-2;3*+1;;/p-1. The first-order valence-corrected chi connectivity index (χ1v) is 16.4. The van der Waals surface area contributed by atoms with E-state index >= 15 is 0 Å². The molecule has 0 saturated heterocycles. The van der Waals surface area contributed by atoms with Crippen LogP contribution in [0.5, 0.6) is 5.75 Å². The molecular weight excluding hydrogens is 707 g/mol. The zero-order valence-electron chi connectivity index (χ0n) is 26.9. The second kappa shape index (κ2) is 20.0. The van der Waals surface area contributed by atoms with Crippen LogP contribution in [0.1, 0.15) is 0 Å². The second-order valence-corrected chi connectivity index (χ2v) is 11.5. The number of phenolic OH excluding ortho intramolecular Hbond substituents is 1. The van der Waals surface area contributed by atoms with Crippen LogP contribution in [0.3, 0.4) is 0 Å². The number of fused-ring (bicyclic) bond motifs is 3. The fourth-order valence-corrected chi connectivity index (χ4v) is 4.92. The molecule has 0 fully saturated rings. The van der Waals surface area contributed by atoms with Gasteiger partial charge in [-0.1, -0.05) is 35.0 Å². The molecule has 15 nitrogen and oxygen atoms in total. The van der Waals surface area contributed by atoms with Gasteiger partial charge in [-0.25, -0.2) is 8.42 Å². The third-order valence-electron chi connectivity index (χ3n) is 6.40. The molecule has 51 heavy (non-hydrogen) atoms. The molecule has 0 unspecified atom stereocenters. The first kappa shape index (κ1) is 44.9. The molecule has 6 aromatic carbocycles. The SMILES string of the molecule is Nc1cccc2c(N=Nc3ccc(N=Nc4[c-]cc5cc(S(=O)(=O)[O-])ccc5c4)c4cc[c-]cc34)c(O)ccc12.O=S(=O)=O.O=S(=O)=O.[Li+].[Li+].[Li+].